The van der Waals surface area contributed by atoms with Gasteiger partial charge in [-0.2, -0.15) is 0 Å². The lowest BCUT2D eigenvalue weighted by Gasteiger charge is -2.37. The molecule has 3 rings (SSSR count). The second-order valence-electron chi connectivity index (χ2n) is 9.64. The van der Waals surface area contributed by atoms with E-state index < -0.39 is 18.8 Å². The molecule has 3 fully saturated rings. The van der Waals surface area contributed by atoms with Crippen LogP contribution in [0.2, 0.25) is 0 Å². The van der Waals surface area contributed by atoms with Gasteiger partial charge in [0.25, 0.3) is 0 Å². The number of nitrogens with zero attached hydrogens (tertiary/aromatic N) is 1. The van der Waals surface area contributed by atoms with Crippen LogP contribution in [0.4, 0.5) is 0 Å². The van der Waals surface area contributed by atoms with Crippen molar-refractivity contribution >= 4 is 11.8 Å². The van der Waals surface area contributed by atoms with Crippen LogP contribution in [0.3, 0.4) is 0 Å². The predicted octanol–water partition coefficient (Wildman–Crippen LogP) is -0.265. The van der Waals surface area contributed by atoms with Gasteiger partial charge in [0, 0.05) is 32.6 Å². The van der Waals surface area contributed by atoms with Gasteiger partial charge in [0.05, 0.1) is 25.9 Å². The summed E-state index contributed by atoms with van der Waals surface area (Å²) in [6.45, 7) is 10.3. The standard InChI is InChI=1S/C21H37N3O5/c1-20(2)15-4-5-21(20,3)18(27)14(15)12-17(26)23-16(13-25)19(28)22-6-7-24-8-10-29-11-9-24/h14-16,18,25,27H,4-13H2,1-3H3,(H,22,28)(H,23,26)/t14?,15?,16-,18?,21?/m0/s1. The lowest BCUT2D eigenvalue weighted by molar-refractivity contribution is -0.131. The molecule has 166 valence electrons. The highest BCUT2D eigenvalue weighted by atomic mass is 16.5. The van der Waals surface area contributed by atoms with Crippen LogP contribution in [-0.2, 0) is 14.3 Å². The number of hydrogen-bond acceptors (Lipinski definition) is 6. The summed E-state index contributed by atoms with van der Waals surface area (Å²) in [4.78, 5) is 27.2. The number of nitrogens with one attached hydrogen (secondary N) is 2. The number of aliphatic hydroxyl groups is 2. The van der Waals surface area contributed by atoms with Gasteiger partial charge in [-0.15, -0.1) is 0 Å². The van der Waals surface area contributed by atoms with Crippen molar-refractivity contribution in [3.8, 4) is 0 Å². The SMILES string of the molecule is CC1(C)C2CCC1(C)C(O)C2CC(=O)N[C@@H](CO)C(=O)NCCN1CCOCC1. The minimum Gasteiger partial charge on any atom is -0.394 e. The van der Waals surface area contributed by atoms with Crippen LogP contribution in [0.5, 0.6) is 0 Å². The number of morpholine rings is 1. The molecule has 2 saturated carbocycles. The van der Waals surface area contributed by atoms with Gasteiger partial charge in [-0.3, -0.25) is 14.5 Å². The number of carbonyl (C=O) groups excluding carboxylic acids is 2. The van der Waals surface area contributed by atoms with E-state index in [1.54, 1.807) is 0 Å². The highest BCUT2D eigenvalue weighted by Crippen LogP contribution is 2.68. The molecule has 8 nitrogen and oxygen atoms in total. The zero-order valence-corrected chi connectivity index (χ0v) is 17.9. The van der Waals surface area contributed by atoms with E-state index in [0.29, 0.717) is 32.2 Å². The number of amides is 2. The third kappa shape index (κ3) is 4.31. The van der Waals surface area contributed by atoms with E-state index in [1.807, 2.05) is 0 Å². The van der Waals surface area contributed by atoms with Crippen molar-refractivity contribution in [2.24, 2.45) is 22.7 Å². The van der Waals surface area contributed by atoms with Crippen molar-refractivity contribution in [1.82, 2.24) is 15.5 Å². The first-order valence-electron chi connectivity index (χ1n) is 10.9. The summed E-state index contributed by atoms with van der Waals surface area (Å²) >= 11 is 0. The van der Waals surface area contributed by atoms with Crippen LogP contribution in [-0.4, -0.2) is 85.1 Å². The number of fused-ring (bicyclic) bond motifs is 2. The Bertz CT molecular complexity index is 607. The maximum absolute atomic E-state index is 12.6. The third-order valence-electron chi connectivity index (χ3n) is 8.04. The Morgan fingerprint density at radius 3 is 2.52 bits per heavy atom. The maximum Gasteiger partial charge on any atom is 0.245 e. The molecule has 2 aliphatic carbocycles. The fourth-order valence-electron chi connectivity index (χ4n) is 5.73. The number of ether oxygens (including phenoxy) is 1. The zero-order valence-electron chi connectivity index (χ0n) is 17.9. The van der Waals surface area contributed by atoms with Crippen LogP contribution in [0, 0.1) is 22.7 Å². The van der Waals surface area contributed by atoms with Gasteiger partial charge >= 0.3 is 0 Å². The summed E-state index contributed by atoms with van der Waals surface area (Å²) in [5, 5.41) is 25.9. The first-order valence-corrected chi connectivity index (χ1v) is 10.9. The molecule has 1 saturated heterocycles. The molecular weight excluding hydrogens is 374 g/mol. The minimum atomic E-state index is -0.966. The summed E-state index contributed by atoms with van der Waals surface area (Å²) in [5.74, 6) is -0.478. The fourth-order valence-corrected chi connectivity index (χ4v) is 5.73. The molecule has 2 amide bonds. The van der Waals surface area contributed by atoms with E-state index in [4.69, 9.17) is 4.74 Å². The molecule has 29 heavy (non-hydrogen) atoms. The van der Waals surface area contributed by atoms with E-state index in [0.717, 1.165) is 25.9 Å². The fraction of sp³-hybridized carbons (Fsp3) is 0.905. The summed E-state index contributed by atoms with van der Waals surface area (Å²) in [6.07, 6.45) is 1.66. The molecule has 1 aliphatic heterocycles. The lowest BCUT2D eigenvalue weighted by Crippen LogP contribution is -2.51. The van der Waals surface area contributed by atoms with Crippen molar-refractivity contribution in [2.45, 2.75) is 52.2 Å². The Morgan fingerprint density at radius 1 is 1.24 bits per heavy atom. The second kappa shape index (κ2) is 8.88. The van der Waals surface area contributed by atoms with Crippen molar-refractivity contribution < 1.29 is 24.5 Å². The van der Waals surface area contributed by atoms with Crippen molar-refractivity contribution in [3.63, 3.8) is 0 Å². The molecule has 0 aromatic heterocycles. The van der Waals surface area contributed by atoms with E-state index in [2.05, 4.69) is 36.3 Å². The zero-order chi connectivity index (χ0) is 21.2. The maximum atomic E-state index is 12.6. The third-order valence-corrected chi connectivity index (χ3v) is 8.04. The van der Waals surface area contributed by atoms with Gasteiger partial charge in [0.2, 0.25) is 11.8 Å². The van der Waals surface area contributed by atoms with Gasteiger partial charge in [0.1, 0.15) is 6.04 Å². The number of rotatable bonds is 8. The number of aliphatic hydroxyl groups excluding tert-OH is 2. The highest BCUT2D eigenvalue weighted by molar-refractivity contribution is 5.87. The smallest absolute Gasteiger partial charge is 0.245 e. The van der Waals surface area contributed by atoms with Crippen LogP contribution in [0.1, 0.15) is 40.0 Å². The van der Waals surface area contributed by atoms with E-state index in [1.165, 1.54) is 0 Å². The van der Waals surface area contributed by atoms with Crippen LogP contribution in [0.25, 0.3) is 0 Å². The van der Waals surface area contributed by atoms with Gasteiger partial charge in [-0.25, -0.2) is 0 Å². The van der Waals surface area contributed by atoms with Crippen LogP contribution in [0.15, 0.2) is 0 Å². The Morgan fingerprint density at radius 2 is 1.93 bits per heavy atom. The molecule has 0 radical (unpaired) electrons. The largest absolute Gasteiger partial charge is 0.394 e. The summed E-state index contributed by atoms with van der Waals surface area (Å²) in [7, 11) is 0. The number of carbonyl (C=O) groups is 2. The summed E-state index contributed by atoms with van der Waals surface area (Å²) in [6, 6.07) is -0.966. The average Bonchev–Trinajstić information content (AvgIpc) is 3.00. The molecule has 4 unspecified atom stereocenters. The minimum absolute atomic E-state index is 0.00931. The molecule has 4 N–H and O–H groups in total. The molecule has 8 heteroatoms. The van der Waals surface area contributed by atoms with Crippen molar-refractivity contribution in [2.75, 3.05) is 46.0 Å². The Labute approximate surface area is 173 Å². The molecule has 3 aliphatic rings. The number of hydrogen-bond donors (Lipinski definition) is 4. The molecule has 0 spiro atoms. The lowest BCUT2D eigenvalue weighted by atomic mass is 9.70. The van der Waals surface area contributed by atoms with E-state index in [-0.39, 0.29) is 35.0 Å². The molecule has 5 atom stereocenters. The van der Waals surface area contributed by atoms with Gasteiger partial charge in [0.15, 0.2) is 0 Å². The van der Waals surface area contributed by atoms with Crippen LogP contribution < -0.4 is 10.6 Å². The Kier molecular flexibility index (Phi) is 6.88. The monoisotopic (exact) mass is 411 g/mol. The molecular formula is C21H37N3O5. The van der Waals surface area contributed by atoms with Crippen LogP contribution >= 0.6 is 0 Å². The molecule has 0 aromatic rings. The predicted molar refractivity (Wildman–Crippen MR) is 108 cm³/mol. The Hall–Kier alpha value is -1.22. The van der Waals surface area contributed by atoms with Crippen molar-refractivity contribution in [1.29, 1.82) is 0 Å². The molecule has 1 heterocycles. The summed E-state index contributed by atoms with van der Waals surface area (Å²) in [5.41, 5.74) is -0.180. The van der Waals surface area contributed by atoms with Gasteiger partial charge in [-0.05, 0) is 35.5 Å². The first kappa shape index (κ1) is 22.5. The van der Waals surface area contributed by atoms with Gasteiger partial charge in [-0.1, -0.05) is 20.8 Å². The highest BCUT2D eigenvalue weighted by Gasteiger charge is 2.65. The second-order valence-corrected chi connectivity index (χ2v) is 9.64. The van der Waals surface area contributed by atoms with Gasteiger partial charge < -0.3 is 25.6 Å². The normalized spacial score (nSPS) is 34.7. The summed E-state index contributed by atoms with van der Waals surface area (Å²) < 4.78 is 5.30. The topological polar surface area (TPSA) is 111 Å². The van der Waals surface area contributed by atoms with E-state index >= 15 is 0 Å². The average molecular weight is 412 g/mol. The van der Waals surface area contributed by atoms with E-state index in [9.17, 15) is 19.8 Å². The quantitative estimate of drug-likeness (QED) is 0.438. The Balaban J connectivity index is 1.46. The molecule has 0 aromatic carbocycles. The van der Waals surface area contributed by atoms with Crippen molar-refractivity contribution in [3.05, 3.63) is 0 Å². The first-order chi connectivity index (χ1) is 13.7. The molecule has 2 bridgehead atoms.